The van der Waals surface area contributed by atoms with E-state index < -0.39 is 0 Å². The number of hydrazone groups is 1. The molecule has 0 unspecified atom stereocenters. The van der Waals surface area contributed by atoms with E-state index in [9.17, 15) is 9.59 Å². The maximum Gasteiger partial charge on any atom is 0.332 e. The molecule has 0 atom stereocenters. The molecule has 0 aliphatic carbocycles. The summed E-state index contributed by atoms with van der Waals surface area (Å²) in [6.07, 6.45) is 0.913. The van der Waals surface area contributed by atoms with Gasteiger partial charge in [-0.1, -0.05) is 20.8 Å². The van der Waals surface area contributed by atoms with Gasteiger partial charge in [-0.05, 0) is 19.3 Å². The van der Waals surface area contributed by atoms with Gasteiger partial charge in [0.2, 0.25) is 5.95 Å². The van der Waals surface area contributed by atoms with Crippen LogP contribution in [0.3, 0.4) is 0 Å². The van der Waals surface area contributed by atoms with Crippen LogP contribution in [0, 0.1) is 5.92 Å². The number of fused-ring (bicyclic) bond motifs is 3. The van der Waals surface area contributed by atoms with E-state index >= 15 is 0 Å². The Balaban J connectivity index is 2.33. The standard InChI is InChI=1S/C16H24N6O2/c1-6-7-22-15-17-13-12(20(15)9-11(4)18-22)14(23)21(8-10(2)3)16(24)19(13)5/h10H,6-9H2,1-5H3. The third kappa shape index (κ3) is 2.46. The summed E-state index contributed by atoms with van der Waals surface area (Å²) in [5.41, 5.74) is 1.22. The highest BCUT2D eigenvalue weighted by molar-refractivity contribution is 5.87. The number of aryl methyl sites for hydroxylation is 1. The molecule has 130 valence electrons. The monoisotopic (exact) mass is 332 g/mol. The first-order valence-corrected chi connectivity index (χ1v) is 8.36. The van der Waals surface area contributed by atoms with Crippen molar-refractivity contribution < 1.29 is 0 Å². The quantitative estimate of drug-likeness (QED) is 0.842. The van der Waals surface area contributed by atoms with E-state index in [4.69, 9.17) is 0 Å². The maximum absolute atomic E-state index is 13.0. The van der Waals surface area contributed by atoms with Gasteiger partial charge in [0, 0.05) is 20.1 Å². The van der Waals surface area contributed by atoms with Gasteiger partial charge in [-0.2, -0.15) is 10.1 Å². The van der Waals surface area contributed by atoms with Gasteiger partial charge >= 0.3 is 5.69 Å². The van der Waals surface area contributed by atoms with Gasteiger partial charge in [0.05, 0.1) is 12.3 Å². The van der Waals surface area contributed by atoms with Crippen molar-refractivity contribution in [1.29, 1.82) is 0 Å². The number of imidazole rings is 1. The van der Waals surface area contributed by atoms with Crippen LogP contribution in [0.4, 0.5) is 5.95 Å². The molecule has 3 heterocycles. The Morgan fingerprint density at radius 3 is 2.58 bits per heavy atom. The Bertz CT molecular complexity index is 931. The van der Waals surface area contributed by atoms with Crippen molar-refractivity contribution in [3.8, 4) is 0 Å². The fourth-order valence-electron chi connectivity index (χ4n) is 3.11. The topological polar surface area (TPSA) is 77.4 Å². The van der Waals surface area contributed by atoms with Gasteiger partial charge in [0.25, 0.3) is 5.56 Å². The van der Waals surface area contributed by atoms with Crippen molar-refractivity contribution in [3.63, 3.8) is 0 Å². The predicted molar refractivity (Wildman–Crippen MR) is 94.8 cm³/mol. The number of nitrogens with zero attached hydrogens (tertiary/aromatic N) is 6. The smallest absolute Gasteiger partial charge is 0.297 e. The van der Waals surface area contributed by atoms with Gasteiger partial charge in [-0.3, -0.25) is 18.5 Å². The minimum absolute atomic E-state index is 0.205. The molecule has 0 aromatic carbocycles. The zero-order valence-electron chi connectivity index (χ0n) is 14.9. The summed E-state index contributed by atoms with van der Waals surface area (Å²) in [7, 11) is 1.66. The average Bonchev–Trinajstić information content (AvgIpc) is 2.89. The molecule has 1 aliphatic rings. The molecule has 0 radical (unpaired) electrons. The van der Waals surface area contributed by atoms with Crippen molar-refractivity contribution in [2.45, 2.75) is 47.2 Å². The van der Waals surface area contributed by atoms with Crippen molar-refractivity contribution in [3.05, 3.63) is 20.8 Å². The van der Waals surface area contributed by atoms with Gasteiger partial charge in [0.1, 0.15) is 0 Å². The van der Waals surface area contributed by atoms with E-state index in [0.717, 1.165) is 18.7 Å². The second kappa shape index (κ2) is 5.92. The lowest BCUT2D eigenvalue weighted by Crippen LogP contribution is -2.41. The molecule has 1 aliphatic heterocycles. The van der Waals surface area contributed by atoms with Crippen molar-refractivity contribution in [2.24, 2.45) is 18.1 Å². The molecule has 0 saturated carbocycles. The zero-order valence-corrected chi connectivity index (χ0v) is 14.9. The van der Waals surface area contributed by atoms with Crippen LogP contribution in [-0.2, 0) is 20.1 Å². The Morgan fingerprint density at radius 1 is 1.25 bits per heavy atom. The first kappa shape index (κ1) is 16.5. The van der Waals surface area contributed by atoms with Crippen LogP contribution < -0.4 is 16.3 Å². The van der Waals surface area contributed by atoms with Crippen LogP contribution in [0.5, 0.6) is 0 Å². The second-order valence-electron chi connectivity index (χ2n) is 6.78. The zero-order chi connectivity index (χ0) is 17.6. The van der Waals surface area contributed by atoms with Crippen LogP contribution in [0.15, 0.2) is 14.7 Å². The summed E-state index contributed by atoms with van der Waals surface area (Å²) >= 11 is 0. The lowest BCUT2D eigenvalue weighted by molar-refractivity contribution is 0.484. The molecule has 0 bridgehead atoms. The molecule has 0 spiro atoms. The van der Waals surface area contributed by atoms with Gasteiger partial charge in [0.15, 0.2) is 11.2 Å². The van der Waals surface area contributed by atoms with Crippen LogP contribution >= 0.6 is 0 Å². The molecule has 0 amide bonds. The summed E-state index contributed by atoms with van der Waals surface area (Å²) < 4.78 is 4.66. The van der Waals surface area contributed by atoms with Gasteiger partial charge in [-0.25, -0.2) is 9.80 Å². The highest BCUT2D eigenvalue weighted by atomic mass is 16.2. The molecular weight excluding hydrogens is 308 g/mol. The third-order valence-corrected chi connectivity index (χ3v) is 4.10. The molecule has 8 heteroatoms. The lowest BCUT2D eigenvalue weighted by atomic mass is 10.2. The number of anilines is 1. The van der Waals surface area contributed by atoms with Crippen molar-refractivity contribution in [2.75, 3.05) is 11.6 Å². The summed E-state index contributed by atoms with van der Waals surface area (Å²) in [5, 5.41) is 6.35. The molecule has 8 nitrogen and oxygen atoms in total. The van der Waals surface area contributed by atoms with E-state index in [0.29, 0.717) is 30.2 Å². The van der Waals surface area contributed by atoms with Crippen LogP contribution in [0.1, 0.15) is 34.1 Å². The summed E-state index contributed by atoms with van der Waals surface area (Å²) in [4.78, 5) is 30.1. The average molecular weight is 332 g/mol. The highest BCUT2D eigenvalue weighted by Crippen LogP contribution is 2.23. The molecule has 0 fully saturated rings. The Hall–Kier alpha value is -2.38. The predicted octanol–water partition coefficient (Wildman–Crippen LogP) is 1.16. The molecule has 3 rings (SSSR count). The van der Waals surface area contributed by atoms with Crippen LogP contribution in [0.2, 0.25) is 0 Å². The number of rotatable bonds is 4. The van der Waals surface area contributed by atoms with Crippen LogP contribution in [0.25, 0.3) is 11.2 Å². The van der Waals surface area contributed by atoms with E-state index in [-0.39, 0.29) is 17.2 Å². The Labute approximate surface area is 140 Å². The third-order valence-electron chi connectivity index (χ3n) is 4.10. The highest BCUT2D eigenvalue weighted by Gasteiger charge is 2.26. The molecule has 0 N–H and O–H groups in total. The van der Waals surface area contributed by atoms with Gasteiger partial charge < -0.3 is 0 Å². The van der Waals surface area contributed by atoms with E-state index in [1.165, 1.54) is 9.13 Å². The second-order valence-corrected chi connectivity index (χ2v) is 6.78. The minimum Gasteiger partial charge on any atom is -0.297 e. The summed E-state index contributed by atoms with van der Waals surface area (Å²) in [5.74, 6) is 0.836. The molecule has 0 saturated heterocycles. The molecule has 24 heavy (non-hydrogen) atoms. The van der Waals surface area contributed by atoms with Crippen LogP contribution in [-0.4, -0.2) is 30.9 Å². The normalized spacial score (nSPS) is 14.4. The van der Waals surface area contributed by atoms with E-state index in [1.807, 2.05) is 30.3 Å². The fourth-order valence-corrected chi connectivity index (χ4v) is 3.11. The number of hydrogen-bond acceptors (Lipinski definition) is 5. The molecule has 2 aromatic rings. The van der Waals surface area contributed by atoms with Crippen molar-refractivity contribution in [1.82, 2.24) is 18.7 Å². The van der Waals surface area contributed by atoms with E-state index in [2.05, 4.69) is 17.0 Å². The number of hydrogen-bond donors (Lipinski definition) is 0. The minimum atomic E-state index is -0.323. The van der Waals surface area contributed by atoms with Gasteiger partial charge in [-0.15, -0.1) is 0 Å². The summed E-state index contributed by atoms with van der Waals surface area (Å²) in [6, 6.07) is 0. The Morgan fingerprint density at radius 2 is 1.96 bits per heavy atom. The number of aromatic nitrogens is 4. The largest absolute Gasteiger partial charge is 0.332 e. The Kier molecular flexibility index (Phi) is 4.06. The fraction of sp³-hybridized carbons (Fsp3) is 0.625. The lowest BCUT2D eigenvalue weighted by Gasteiger charge is -2.24. The molecule has 2 aromatic heterocycles. The van der Waals surface area contributed by atoms with E-state index in [1.54, 1.807) is 7.05 Å². The molecular formula is C16H24N6O2. The first-order chi connectivity index (χ1) is 11.3. The first-order valence-electron chi connectivity index (χ1n) is 8.36. The van der Waals surface area contributed by atoms with Crippen molar-refractivity contribution >= 4 is 22.8 Å². The maximum atomic E-state index is 13.0. The SMILES string of the molecule is CCCN1N=C(C)Cn2c1nc1c2c(=O)n(CC(C)C)c(=O)n1C. The summed E-state index contributed by atoms with van der Waals surface area (Å²) in [6.45, 7) is 9.61.